The minimum absolute atomic E-state index is 0.169. The number of benzene rings is 1. The van der Waals surface area contributed by atoms with E-state index in [2.05, 4.69) is 35.4 Å². The first-order chi connectivity index (χ1) is 11.1. The van der Waals surface area contributed by atoms with E-state index in [1.54, 1.807) is 12.1 Å². The van der Waals surface area contributed by atoms with E-state index in [1.165, 1.54) is 11.6 Å². The average Bonchev–Trinajstić information content (AvgIpc) is 2.94. The predicted octanol–water partition coefficient (Wildman–Crippen LogP) is 2.82. The third-order valence-electron chi connectivity index (χ3n) is 4.21. The highest BCUT2D eigenvalue weighted by Crippen LogP contribution is 2.24. The second-order valence-corrected chi connectivity index (χ2v) is 6.71. The summed E-state index contributed by atoms with van der Waals surface area (Å²) < 4.78 is 15.6. The summed E-state index contributed by atoms with van der Waals surface area (Å²) >= 11 is 0. The minimum atomic E-state index is -0.169. The maximum Gasteiger partial charge on any atom is 0.123 e. The maximum atomic E-state index is 13.5. The summed E-state index contributed by atoms with van der Waals surface area (Å²) in [6.07, 6.45) is 4.08. The molecule has 2 heterocycles. The molecular formula is C18H25FN4. The van der Waals surface area contributed by atoms with Gasteiger partial charge in [0.2, 0.25) is 0 Å². The normalized spacial score (nSPS) is 19.4. The zero-order valence-corrected chi connectivity index (χ0v) is 13.9. The van der Waals surface area contributed by atoms with E-state index >= 15 is 0 Å². The molecule has 3 rings (SSSR count). The first-order valence-electron chi connectivity index (χ1n) is 8.33. The molecule has 2 aromatic rings. The zero-order chi connectivity index (χ0) is 16.2. The Morgan fingerprint density at radius 2 is 2.26 bits per heavy atom. The topological polar surface area (TPSA) is 33.1 Å². The van der Waals surface area contributed by atoms with Crippen LogP contribution in [0.4, 0.5) is 4.39 Å². The fourth-order valence-corrected chi connectivity index (χ4v) is 3.17. The van der Waals surface area contributed by atoms with Crippen molar-refractivity contribution < 1.29 is 4.39 Å². The van der Waals surface area contributed by atoms with Gasteiger partial charge in [0.1, 0.15) is 5.82 Å². The number of nitrogens with zero attached hydrogens (tertiary/aromatic N) is 3. The van der Waals surface area contributed by atoms with Crippen LogP contribution in [0.15, 0.2) is 36.7 Å². The first kappa shape index (κ1) is 16.1. The maximum absolute atomic E-state index is 13.5. The Balaban J connectivity index is 1.73. The third-order valence-corrected chi connectivity index (χ3v) is 4.21. The quantitative estimate of drug-likeness (QED) is 0.921. The molecule has 1 aliphatic rings. The van der Waals surface area contributed by atoms with Crippen molar-refractivity contribution in [1.29, 1.82) is 0 Å². The predicted molar refractivity (Wildman–Crippen MR) is 89.5 cm³/mol. The van der Waals surface area contributed by atoms with Gasteiger partial charge in [-0.2, -0.15) is 5.10 Å². The van der Waals surface area contributed by atoms with Crippen molar-refractivity contribution >= 4 is 0 Å². The van der Waals surface area contributed by atoms with Crippen LogP contribution in [0.25, 0.3) is 0 Å². The summed E-state index contributed by atoms with van der Waals surface area (Å²) in [5, 5.41) is 7.86. The highest BCUT2D eigenvalue weighted by Gasteiger charge is 2.24. The van der Waals surface area contributed by atoms with Gasteiger partial charge < -0.3 is 5.32 Å². The van der Waals surface area contributed by atoms with Gasteiger partial charge in [-0.15, -0.1) is 0 Å². The molecule has 4 nitrogen and oxygen atoms in total. The molecule has 0 aliphatic carbocycles. The van der Waals surface area contributed by atoms with Crippen LogP contribution in [0.1, 0.15) is 31.0 Å². The van der Waals surface area contributed by atoms with Gasteiger partial charge in [-0.3, -0.25) is 9.58 Å². The van der Waals surface area contributed by atoms with Gasteiger partial charge in [0.05, 0.1) is 6.20 Å². The van der Waals surface area contributed by atoms with Crippen molar-refractivity contribution in [1.82, 2.24) is 20.0 Å². The Kier molecular flexibility index (Phi) is 5.08. The number of rotatable bonds is 5. The molecule has 1 unspecified atom stereocenters. The van der Waals surface area contributed by atoms with E-state index in [1.807, 2.05) is 16.9 Å². The van der Waals surface area contributed by atoms with Crippen molar-refractivity contribution in [3.8, 4) is 0 Å². The van der Waals surface area contributed by atoms with Crippen molar-refractivity contribution in [2.75, 3.05) is 19.6 Å². The fourth-order valence-electron chi connectivity index (χ4n) is 3.17. The van der Waals surface area contributed by atoms with Crippen LogP contribution in [-0.4, -0.2) is 34.3 Å². The van der Waals surface area contributed by atoms with Gasteiger partial charge in [-0.1, -0.05) is 26.0 Å². The summed E-state index contributed by atoms with van der Waals surface area (Å²) in [4.78, 5) is 2.40. The largest absolute Gasteiger partial charge is 0.314 e. The third kappa shape index (κ3) is 4.18. The summed E-state index contributed by atoms with van der Waals surface area (Å²) in [6.45, 7) is 8.94. The summed E-state index contributed by atoms with van der Waals surface area (Å²) in [6, 6.07) is 7.15. The molecule has 1 atom stereocenters. The fraction of sp³-hybridized carbons (Fsp3) is 0.500. The van der Waals surface area contributed by atoms with Gasteiger partial charge in [-0.25, -0.2) is 4.39 Å². The van der Waals surface area contributed by atoms with E-state index < -0.39 is 0 Å². The highest BCUT2D eigenvalue weighted by atomic mass is 19.1. The molecule has 1 aliphatic heterocycles. The second kappa shape index (κ2) is 7.23. The number of hydrogen-bond donors (Lipinski definition) is 1. The molecule has 1 saturated heterocycles. The number of halogens is 1. The van der Waals surface area contributed by atoms with Crippen LogP contribution in [-0.2, 0) is 13.1 Å². The number of piperazine rings is 1. The van der Waals surface area contributed by atoms with Gasteiger partial charge in [0, 0.05) is 50.5 Å². The zero-order valence-electron chi connectivity index (χ0n) is 13.9. The molecular weight excluding hydrogens is 291 g/mol. The number of hydrogen-bond acceptors (Lipinski definition) is 3. The molecule has 1 aromatic heterocycles. The smallest absolute Gasteiger partial charge is 0.123 e. The van der Waals surface area contributed by atoms with Crippen LogP contribution in [0.5, 0.6) is 0 Å². The molecule has 0 spiro atoms. The summed E-state index contributed by atoms with van der Waals surface area (Å²) in [5.74, 6) is 0.416. The van der Waals surface area contributed by atoms with Crippen molar-refractivity contribution in [3.05, 3.63) is 53.6 Å². The van der Waals surface area contributed by atoms with Crippen molar-refractivity contribution in [2.45, 2.75) is 33.0 Å². The van der Waals surface area contributed by atoms with Crippen molar-refractivity contribution in [3.63, 3.8) is 0 Å². The van der Waals surface area contributed by atoms with Crippen LogP contribution in [0.2, 0.25) is 0 Å². The molecule has 1 aromatic carbocycles. The lowest BCUT2D eigenvalue weighted by molar-refractivity contribution is 0.153. The molecule has 124 valence electrons. The highest BCUT2D eigenvalue weighted by molar-refractivity contribution is 5.21. The van der Waals surface area contributed by atoms with Crippen LogP contribution in [0.3, 0.4) is 0 Å². The average molecular weight is 316 g/mol. The summed E-state index contributed by atoms with van der Waals surface area (Å²) in [5.41, 5.74) is 2.25. The number of nitrogens with one attached hydrogen (secondary N) is 1. The molecule has 1 N–H and O–H groups in total. The lowest BCUT2D eigenvalue weighted by Crippen LogP contribution is -2.45. The van der Waals surface area contributed by atoms with E-state index in [9.17, 15) is 4.39 Å². The monoisotopic (exact) mass is 316 g/mol. The lowest BCUT2D eigenvalue weighted by Gasteiger charge is -2.36. The standard InChI is InChI=1S/C18H25FN4/c1-14(2)11-23-13-15(9-21-23)12-22-7-6-20-10-18(22)16-4-3-5-17(19)8-16/h3-5,8-9,13-14,18,20H,6-7,10-12H2,1-2H3. The van der Waals surface area contributed by atoms with E-state index in [4.69, 9.17) is 0 Å². The van der Waals surface area contributed by atoms with E-state index in [-0.39, 0.29) is 11.9 Å². The van der Waals surface area contributed by atoms with E-state index in [0.29, 0.717) is 5.92 Å². The van der Waals surface area contributed by atoms with E-state index in [0.717, 1.165) is 38.3 Å². The summed E-state index contributed by atoms with van der Waals surface area (Å²) in [7, 11) is 0. The molecule has 0 bridgehead atoms. The van der Waals surface area contributed by atoms with Gasteiger partial charge in [-0.05, 0) is 23.6 Å². The molecule has 0 radical (unpaired) electrons. The van der Waals surface area contributed by atoms with Gasteiger partial charge in [0.15, 0.2) is 0 Å². The molecule has 0 amide bonds. The Bertz CT molecular complexity index is 637. The van der Waals surface area contributed by atoms with Gasteiger partial charge in [0.25, 0.3) is 0 Å². The Morgan fingerprint density at radius 3 is 3.04 bits per heavy atom. The molecule has 5 heteroatoms. The Hall–Kier alpha value is -1.72. The SMILES string of the molecule is CC(C)Cn1cc(CN2CCNCC2c2cccc(F)c2)cn1. The molecule has 23 heavy (non-hydrogen) atoms. The molecule has 0 saturated carbocycles. The van der Waals surface area contributed by atoms with Gasteiger partial charge >= 0.3 is 0 Å². The molecule has 1 fully saturated rings. The first-order valence-corrected chi connectivity index (χ1v) is 8.33. The van der Waals surface area contributed by atoms with Crippen LogP contribution < -0.4 is 5.32 Å². The minimum Gasteiger partial charge on any atom is -0.314 e. The Labute approximate surface area is 137 Å². The Morgan fingerprint density at radius 1 is 1.39 bits per heavy atom. The van der Waals surface area contributed by atoms with Crippen LogP contribution >= 0.6 is 0 Å². The lowest BCUT2D eigenvalue weighted by atomic mass is 10.0. The van der Waals surface area contributed by atoms with Crippen molar-refractivity contribution in [2.24, 2.45) is 5.92 Å². The number of aromatic nitrogens is 2. The van der Waals surface area contributed by atoms with Crippen LogP contribution in [0, 0.1) is 11.7 Å². The second-order valence-electron chi connectivity index (χ2n) is 6.71.